The number of rotatable bonds is 8. The van der Waals surface area contributed by atoms with Crippen molar-refractivity contribution in [1.29, 1.82) is 0 Å². The van der Waals surface area contributed by atoms with Gasteiger partial charge in [-0.25, -0.2) is 4.79 Å². The number of benzene rings is 1. The van der Waals surface area contributed by atoms with Crippen LogP contribution in [0.15, 0.2) is 42.6 Å². The molecular formula is C19H25NO2. The first kappa shape index (κ1) is 16.3. The molecule has 0 spiro atoms. The van der Waals surface area contributed by atoms with Crippen LogP contribution < -0.4 is 0 Å². The number of methoxy groups -OCH3 is 1. The molecule has 0 aliphatic heterocycles. The first-order chi connectivity index (χ1) is 10.8. The van der Waals surface area contributed by atoms with Gasteiger partial charge in [-0.2, -0.15) is 0 Å². The highest BCUT2D eigenvalue weighted by Gasteiger charge is 2.13. The monoisotopic (exact) mass is 299 g/mol. The number of unbranched alkanes of at least 4 members (excludes halogenated alkanes) is 4. The summed E-state index contributed by atoms with van der Waals surface area (Å²) >= 11 is 0. The molecule has 1 aromatic carbocycles. The van der Waals surface area contributed by atoms with Crippen molar-refractivity contribution in [3.05, 3.63) is 53.9 Å². The normalized spacial score (nSPS) is 10.6. The molecule has 22 heavy (non-hydrogen) atoms. The fraction of sp³-hybridized carbons (Fsp3) is 0.421. The largest absolute Gasteiger partial charge is 0.465 e. The summed E-state index contributed by atoms with van der Waals surface area (Å²) in [5, 5.41) is 0. The van der Waals surface area contributed by atoms with E-state index >= 15 is 0 Å². The van der Waals surface area contributed by atoms with Gasteiger partial charge in [0.2, 0.25) is 0 Å². The molecule has 1 heterocycles. The Balaban J connectivity index is 2.15. The highest BCUT2D eigenvalue weighted by Crippen LogP contribution is 2.19. The van der Waals surface area contributed by atoms with Gasteiger partial charge in [-0.05, 0) is 31.0 Å². The first-order valence-corrected chi connectivity index (χ1v) is 8.11. The molecule has 1 aromatic heterocycles. The summed E-state index contributed by atoms with van der Waals surface area (Å²) in [5.74, 6) is -0.276. The highest BCUT2D eigenvalue weighted by atomic mass is 16.5. The van der Waals surface area contributed by atoms with Gasteiger partial charge in [0.25, 0.3) is 0 Å². The molecule has 0 atom stereocenters. The molecule has 2 aromatic rings. The van der Waals surface area contributed by atoms with E-state index in [4.69, 9.17) is 4.74 Å². The standard InChI is InChI=1S/C19H25NO2/c1-3-4-5-6-8-13-18-14-16(19(21)22-2)15-20(18)17-11-9-7-10-12-17/h7,9-12,14-15H,3-6,8,13H2,1-2H3. The summed E-state index contributed by atoms with van der Waals surface area (Å²) in [6.45, 7) is 2.23. The zero-order valence-corrected chi connectivity index (χ0v) is 13.5. The first-order valence-electron chi connectivity index (χ1n) is 8.11. The minimum Gasteiger partial charge on any atom is -0.465 e. The number of carbonyl (C=O) groups is 1. The van der Waals surface area contributed by atoms with Crippen LogP contribution in [0, 0.1) is 0 Å². The maximum absolute atomic E-state index is 11.8. The van der Waals surface area contributed by atoms with Crippen LogP contribution in [0.4, 0.5) is 0 Å². The second kappa shape index (κ2) is 8.42. The number of aryl methyl sites for hydroxylation is 1. The lowest BCUT2D eigenvalue weighted by Gasteiger charge is -2.09. The minimum absolute atomic E-state index is 0.276. The van der Waals surface area contributed by atoms with Crippen LogP contribution in [0.5, 0.6) is 0 Å². The van der Waals surface area contributed by atoms with Crippen molar-refractivity contribution in [1.82, 2.24) is 4.57 Å². The maximum atomic E-state index is 11.8. The van der Waals surface area contributed by atoms with E-state index in [1.54, 1.807) is 0 Å². The third-order valence-electron chi connectivity index (χ3n) is 3.89. The molecule has 0 aliphatic rings. The predicted octanol–water partition coefficient (Wildman–Crippen LogP) is 4.78. The number of nitrogens with zero attached hydrogens (tertiary/aromatic N) is 1. The number of ether oxygens (including phenoxy) is 1. The van der Waals surface area contributed by atoms with E-state index in [1.807, 2.05) is 30.5 Å². The van der Waals surface area contributed by atoms with Crippen molar-refractivity contribution in [2.45, 2.75) is 45.4 Å². The number of carbonyl (C=O) groups excluding carboxylic acids is 1. The Bertz CT molecular complexity index is 587. The predicted molar refractivity (Wildman–Crippen MR) is 89.6 cm³/mol. The maximum Gasteiger partial charge on any atom is 0.339 e. The van der Waals surface area contributed by atoms with Gasteiger partial charge in [0.05, 0.1) is 12.7 Å². The SMILES string of the molecule is CCCCCCCc1cc(C(=O)OC)cn1-c1ccccc1. The number of hydrogen-bond acceptors (Lipinski definition) is 2. The summed E-state index contributed by atoms with van der Waals surface area (Å²) < 4.78 is 6.95. The lowest BCUT2D eigenvalue weighted by Crippen LogP contribution is -2.00. The van der Waals surface area contributed by atoms with Crippen LogP contribution in [-0.2, 0) is 11.2 Å². The van der Waals surface area contributed by atoms with Gasteiger partial charge in [0, 0.05) is 17.6 Å². The quantitative estimate of drug-likeness (QED) is 0.519. The van der Waals surface area contributed by atoms with Gasteiger partial charge in [0.15, 0.2) is 0 Å². The third-order valence-corrected chi connectivity index (χ3v) is 3.89. The molecule has 2 rings (SSSR count). The van der Waals surface area contributed by atoms with Crippen LogP contribution >= 0.6 is 0 Å². The molecule has 0 unspecified atom stereocenters. The van der Waals surface area contributed by atoms with E-state index in [1.165, 1.54) is 38.5 Å². The summed E-state index contributed by atoms with van der Waals surface area (Å²) in [5.41, 5.74) is 2.87. The fourth-order valence-electron chi connectivity index (χ4n) is 2.67. The average Bonchev–Trinajstić information content (AvgIpc) is 2.99. The van der Waals surface area contributed by atoms with Crippen molar-refractivity contribution in [2.24, 2.45) is 0 Å². The van der Waals surface area contributed by atoms with Crippen molar-refractivity contribution in [3.63, 3.8) is 0 Å². The van der Waals surface area contributed by atoms with E-state index < -0.39 is 0 Å². The van der Waals surface area contributed by atoms with E-state index in [2.05, 4.69) is 23.6 Å². The smallest absolute Gasteiger partial charge is 0.339 e. The van der Waals surface area contributed by atoms with Crippen molar-refractivity contribution in [2.75, 3.05) is 7.11 Å². The number of esters is 1. The zero-order valence-electron chi connectivity index (χ0n) is 13.5. The third kappa shape index (κ3) is 4.23. The molecule has 3 nitrogen and oxygen atoms in total. The molecule has 0 saturated heterocycles. The van der Waals surface area contributed by atoms with Gasteiger partial charge in [-0.1, -0.05) is 50.8 Å². The molecule has 3 heteroatoms. The van der Waals surface area contributed by atoms with E-state index in [-0.39, 0.29) is 5.97 Å². The van der Waals surface area contributed by atoms with Gasteiger partial charge < -0.3 is 9.30 Å². The number of aromatic nitrogens is 1. The highest BCUT2D eigenvalue weighted by molar-refractivity contribution is 5.89. The van der Waals surface area contributed by atoms with Crippen LogP contribution in [0.2, 0.25) is 0 Å². The van der Waals surface area contributed by atoms with Crippen molar-refractivity contribution in [3.8, 4) is 5.69 Å². The molecule has 0 radical (unpaired) electrons. The minimum atomic E-state index is -0.276. The number of para-hydroxylation sites is 1. The van der Waals surface area contributed by atoms with Crippen LogP contribution in [0.3, 0.4) is 0 Å². The van der Waals surface area contributed by atoms with Gasteiger partial charge in [-0.3, -0.25) is 0 Å². The Morgan fingerprint density at radius 2 is 1.82 bits per heavy atom. The molecule has 0 amide bonds. The van der Waals surface area contributed by atoms with Crippen LogP contribution in [-0.4, -0.2) is 17.6 Å². The van der Waals surface area contributed by atoms with Crippen LogP contribution in [0.1, 0.15) is 55.1 Å². The Morgan fingerprint density at radius 1 is 1.09 bits per heavy atom. The number of hydrogen-bond donors (Lipinski definition) is 0. The molecular weight excluding hydrogens is 274 g/mol. The lowest BCUT2D eigenvalue weighted by molar-refractivity contribution is 0.0601. The van der Waals surface area contributed by atoms with E-state index in [9.17, 15) is 4.79 Å². The molecule has 0 bridgehead atoms. The van der Waals surface area contributed by atoms with E-state index in [0.717, 1.165) is 18.5 Å². The Morgan fingerprint density at radius 3 is 2.50 bits per heavy atom. The summed E-state index contributed by atoms with van der Waals surface area (Å²) in [6.07, 6.45) is 9.09. The molecule has 0 saturated carbocycles. The second-order valence-corrected chi connectivity index (χ2v) is 5.58. The van der Waals surface area contributed by atoms with Crippen LogP contribution in [0.25, 0.3) is 5.69 Å². The second-order valence-electron chi connectivity index (χ2n) is 5.58. The fourth-order valence-corrected chi connectivity index (χ4v) is 2.67. The van der Waals surface area contributed by atoms with Gasteiger partial charge >= 0.3 is 5.97 Å². The summed E-state index contributed by atoms with van der Waals surface area (Å²) in [7, 11) is 1.42. The average molecular weight is 299 g/mol. The Hall–Kier alpha value is -2.03. The van der Waals surface area contributed by atoms with Gasteiger partial charge in [-0.15, -0.1) is 0 Å². The molecule has 0 fully saturated rings. The molecule has 0 aliphatic carbocycles. The molecule has 118 valence electrons. The van der Waals surface area contributed by atoms with Crippen molar-refractivity contribution < 1.29 is 9.53 Å². The van der Waals surface area contributed by atoms with Gasteiger partial charge in [0.1, 0.15) is 0 Å². The zero-order chi connectivity index (χ0) is 15.8. The Labute approximate surface area is 132 Å². The van der Waals surface area contributed by atoms with E-state index in [0.29, 0.717) is 5.56 Å². The van der Waals surface area contributed by atoms with Crippen molar-refractivity contribution >= 4 is 5.97 Å². The molecule has 0 N–H and O–H groups in total. The Kier molecular flexibility index (Phi) is 6.26. The summed E-state index contributed by atoms with van der Waals surface area (Å²) in [6, 6.07) is 12.1. The summed E-state index contributed by atoms with van der Waals surface area (Å²) in [4.78, 5) is 11.8. The topological polar surface area (TPSA) is 31.2 Å². The lowest BCUT2D eigenvalue weighted by atomic mass is 10.1.